The summed E-state index contributed by atoms with van der Waals surface area (Å²) in [6.45, 7) is 2.48. The molecule has 2 aliphatic rings. The Balaban J connectivity index is 0.00000225. The number of rotatable bonds is 4. The van der Waals surface area contributed by atoms with Gasteiger partial charge in [0, 0.05) is 24.7 Å². The van der Waals surface area contributed by atoms with E-state index in [1.165, 1.54) is 6.07 Å². The number of carbonyl (C=O) groups excluding carboxylic acids is 1. The average Bonchev–Trinajstić information content (AvgIpc) is 2.85. The average molecular weight is 409 g/mol. The van der Waals surface area contributed by atoms with Gasteiger partial charge in [0.1, 0.15) is 5.82 Å². The van der Waals surface area contributed by atoms with E-state index >= 15 is 0 Å². The van der Waals surface area contributed by atoms with Gasteiger partial charge in [0.2, 0.25) is 5.43 Å². The molecule has 1 aromatic heterocycles. The molecule has 3 atom stereocenters. The normalized spacial score (nSPS) is 24.2. The molecule has 2 aliphatic heterocycles. The van der Waals surface area contributed by atoms with E-state index in [9.17, 15) is 14.0 Å². The second-order valence-corrected chi connectivity index (χ2v) is 7.73. The van der Waals surface area contributed by atoms with Crippen molar-refractivity contribution in [2.24, 2.45) is 0 Å². The van der Waals surface area contributed by atoms with E-state index in [1.807, 2.05) is 6.92 Å². The largest absolute Gasteiger partial charge is 0.348 e. The summed E-state index contributed by atoms with van der Waals surface area (Å²) >= 11 is 0. The molecule has 0 radical (unpaired) electrons. The van der Waals surface area contributed by atoms with Crippen molar-refractivity contribution in [3.05, 3.63) is 39.9 Å². The first-order chi connectivity index (χ1) is 13.0. The van der Waals surface area contributed by atoms with Gasteiger partial charge in [-0.05, 0) is 51.3 Å². The van der Waals surface area contributed by atoms with Crippen molar-refractivity contribution in [3.63, 3.8) is 0 Å². The van der Waals surface area contributed by atoms with Gasteiger partial charge in [-0.25, -0.2) is 4.39 Å². The predicted octanol–water partition coefficient (Wildman–Crippen LogP) is 2.72. The number of aryl methyl sites for hydroxylation is 1. The van der Waals surface area contributed by atoms with Crippen LogP contribution >= 0.6 is 12.4 Å². The summed E-state index contributed by atoms with van der Waals surface area (Å²) in [5.74, 6) is -1.11. The molecular weight excluding hydrogens is 383 g/mol. The van der Waals surface area contributed by atoms with Crippen LogP contribution in [0.1, 0.15) is 49.5 Å². The number of fused-ring (bicyclic) bond motifs is 3. The second kappa shape index (κ2) is 8.17. The maximum Gasteiger partial charge on any atom is 0.276 e. The van der Waals surface area contributed by atoms with E-state index < -0.39 is 17.2 Å². The fraction of sp³-hybridized carbons (Fsp3) is 0.550. The monoisotopic (exact) mass is 408 g/mol. The van der Waals surface area contributed by atoms with Gasteiger partial charge >= 0.3 is 0 Å². The lowest BCUT2D eigenvalue weighted by molar-refractivity contribution is 0.0874. The highest BCUT2D eigenvalue weighted by Crippen LogP contribution is 2.34. The van der Waals surface area contributed by atoms with Crippen molar-refractivity contribution < 1.29 is 9.18 Å². The van der Waals surface area contributed by atoms with E-state index in [2.05, 4.69) is 22.4 Å². The molecule has 8 heteroatoms. The number of hydrogen-bond acceptors (Lipinski definition) is 4. The maximum absolute atomic E-state index is 14.3. The summed E-state index contributed by atoms with van der Waals surface area (Å²) in [5, 5.41) is 7.21. The third-order valence-corrected chi connectivity index (χ3v) is 6.02. The molecule has 2 fully saturated rings. The van der Waals surface area contributed by atoms with Crippen LogP contribution in [0, 0.1) is 5.82 Å². The minimum absolute atomic E-state index is 0. The number of nitrogens with one attached hydrogen (secondary N) is 1. The molecular formula is C20H26ClFN4O2. The van der Waals surface area contributed by atoms with Crippen molar-refractivity contribution in [1.82, 2.24) is 20.0 Å². The first kappa shape index (κ1) is 20.7. The lowest BCUT2D eigenvalue weighted by Crippen LogP contribution is -2.49. The summed E-state index contributed by atoms with van der Waals surface area (Å²) in [6, 6.07) is 5.46. The zero-order valence-electron chi connectivity index (χ0n) is 16.2. The molecule has 4 rings (SSSR count). The Hall–Kier alpha value is -1.99. The van der Waals surface area contributed by atoms with Crippen LogP contribution < -0.4 is 10.7 Å². The van der Waals surface area contributed by atoms with Crippen molar-refractivity contribution >= 4 is 29.2 Å². The molecule has 0 unspecified atom stereocenters. The number of piperidine rings is 1. The molecule has 2 aromatic rings. The smallest absolute Gasteiger partial charge is 0.276 e. The Morgan fingerprint density at radius 2 is 1.96 bits per heavy atom. The van der Waals surface area contributed by atoms with E-state index in [0.29, 0.717) is 24.1 Å². The highest BCUT2D eigenvalue weighted by Gasteiger charge is 2.39. The Morgan fingerprint density at radius 3 is 2.61 bits per heavy atom. The zero-order valence-corrected chi connectivity index (χ0v) is 17.0. The van der Waals surface area contributed by atoms with E-state index in [4.69, 9.17) is 0 Å². The van der Waals surface area contributed by atoms with Gasteiger partial charge in [0.25, 0.3) is 5.91 Å². The minimum Gasteiger partial charge on any atom is -0.348 e. The lowest BCUT2D eigenvalue weighted by atomic mass is 9.98. The van der Waals surface area contributed by atoms with Crippen molar-refractivity contribution in [2.75, 3.05) is 7.05 Å². The molecule has 1 N–H and O–H groups in total. The van der Waals surface area contributed by atoms with Crippen LogP contribution in [0.5, 0.6) is 0 Å². The van der Waals surface area contributed by atoms with E-state index in [-0.39, 0.29) is 29.5 Å². The van der Waals surface area contributed by atoms with Gasteiger partial charge in [-0.2, -0.15) is 5.10 Å². The number of carbonyl (C=O) groups is 1. The first-order valence-corrected chi connectivity index (χ1v) is 9.71. The Morgan fingerprint density at radius 1 is 1.29 bits per heavy atom. The van der Waals surface area contributed by atoms with Crippen molar-refractivity contribution in [1.29, 1.82) is 0 Å². The van der Waals surface area contributed by atoms with Gasteiger partial charge in [-0.15, -0.1) is 12.4 Å². The molecule has 0 aliphatic carbocycles. The first-order valence-electron chi connectivity index (χ1n) is 9.71. The third kappa shape index (κ3) is 3.53. The van der Waals surface area contributed by atoms with Crippen LogP contribution in [0.15, 0.2) is 23.0 Å². The molecule has 152 valence electrons. The van der Waals surface area contributed by atoms with Gasteiger partial charge in [0.05, 0.1) is 10.9 Å². The van der Waals surface area contributed by atoms with Crippen LogP contribution in [0.25, 0.3) is 10.9 Å². The summed E-state index contributed by atoms with van der Waals surface area (Å²) < 4.78 is 15.9. The molecule has 6 nitrogen and oxygen atoms in total. The molecule has 1 amide bonds. The van der Waals surface area contributed by atoms with Gasteiger partial charge in [-0.1, -0.05) is 13.0 Å². The molecule has 0 spiro atoms. The molecule has 1 aromatic carbocycles. The van der Waals surface area contributed by atoms with Crippen LogP contribution in [0.3, 0.4) is 0 Å². The lowest BCUT2D eigenvalue weighted by Gasteiger charge is -2.36. The number of nitrogens with zero attached hydrogens (tertiary/aromatic N) is 3. The fourth-order valence-electron chi connectivity index (χ4n) is 4.60. The maximum atomic E-state index is 14.3. The quantitative estimate of drug-likeness (QED) is 0.844. The molecule has 3 heterocycles. The van der Waals surface area contributed by atoms with Gasteiger partial charge in [0.15, 0.2) is 5.69 Å². The molecule has 28 heavy (non-hydrogen) atoms. The van der Waals surface area contributed by atoms with Crippen LogP contribution in [0.4, 0.5) is 4.39 Å². The molecule has 2 saturated heterocycles. The Labute approximate surface area is 169 Å². The highest BCUT2D eigenvalue weighted by atomic mass is 35.5. The van der Waals surface area contributed by atoms with Crippen LogP contribution in [-0.4, -0.2) is 45.8 Å². The number of benzene rings is 1. The number of aromatic nitrogens is 2. The van der Waals surface area contributed by atoms with Crippen molar-refractivity contribution in [3.8, 4) is 0 Å². The summed E-state index contributed by atoms with van der Waals surface area (Å²) in [5.41, 5.74) is -0.424. The summed E-state index contributed by atoms with van der Waals surface area (Å²) in [6.07, 6.45) is 4.82. The third-order valence-electron chi connectivity index (χ3n) is 6.02. The number of hydrogen-bond donors (Lipinski definition) is 1. The predicted molar refractivity (Wildman–Crippen MR) is 109 cm³/mol. The fourth-order valence-corrected chi connectivity index (χ4v) is 4.60. The molecule has 0 saturated carbocycles. The number of halogens is 2. The van der Waals surface area contributed by atoms with Crippen LogP contribution in [0.2, 0.25) is 0 Å². The topological polar surface area (TPSA) is 67.2 Å². The summed E-state index contributed by atoms with van der Waals surface area (Å²) in [7, 11) is 2.14. The molecule has 2 bridgehead atoms. The second-order valence-electron chi connectivity index (χ2n) is 7.73. The Bertz CT molecular complexity index is 934. The minimum atomic E-state index is -0.635. The SMILES string of the molecule is CCCn1nc(C(=O)N[C@H]2C[C@H]3CC[C@@H](C2)N3C)c(=O)c2c(F)cccc21.Cl. The van der Waals surface area contributed by atoms with Gasteiger partial charge < -0.3 is 10.2 Å². The standard InChI is InChI=1S/C20H25FN4O2.ClH/c1-3-9-25-16-6-4-5-15(21)17(16)19(26)18(23-25)20(27)22-12-10-13-7-8-14(11-12)24(13)2;/h4-6,12-14H,3,7-11H2,1-2H3,(H,22,27);1H/t12-,13+,14-;. The Kier molecular flexibility index (Phi) is 6.05. The number of amides is 1. The van der Waals surface area contributed by atoms with Crippen molar-refractivity contribution in [2.45, 2.75) is 63.7 Å². The zero-order chi connectivity index (χ0) is 19.1. The van der Waals surface area contributed by atoms with Crippen LogP contribution in [-0.2, 0) is 6.54 Å². The summed E-state index contributed by atoms with van der Waals surface area (Å²) in [4.78, 5) is 28.0. The highest BCUT2D eigenvalue weighted by molar-refractivity contribution is 5.95. The van der Waals surface area contributed by atoms with E-state index in [1.54, 1.807) is 16.8 Å². The van der Waals surface area contributed by atoms with E-state index in [0.717, 1.165) is 32.1 Å². The van der Waals surface area contributed by atoms with Gasteiger partial charge in [-0.3, -0.25) is 14.3 Å².